The Hall–Kier alpha value is -2.61. The van der Waals surface area contributed by atoms with Crippen LogP contribution in [0.4, 0.5) is 4.79 Å². The molecule has 0 radical (unpaired) electrons. The number of aliphatic hydroxyl groups excluding tert-OH is 1. The highest BCUT2D eigenvalue weighted by Gasteiger charge is 2.29. The lowest BCUT2D eigenvalue weighted by molar-refractivity contribution is -0.130. The van der Waals surface area contributed by atoms with Crippen molar-refractivity contribution < 1.29 is 24.2 Å². The molecule has 154 valence electrons. The zero-order valence-electron chi connectivity index (χ0n) is 15.9. The molecule has 0 saturated heterocycles. The number of nitrogens with two attached hydrogens (primary N) is 1. The van der Waals surface area contributed by atoms with Crippen LogP contribution < -0.4 is 16.4 Å². The molecular weight excluding hydrogens is 362 g/mol. The zero-order valence-corrected chi connectivity index (χ0v) is 15.9. The number of amides is 3. The lowest BCUT2D eigenvalue weighted by atomic mass is 9.83. The number of primary amides is 1. The van der Waals surface area contributed by atoms with E-state index in [0.717, 1.165) is 37.7 Å². The number of rotatable bonds is 9. The van der Waals surface area contributed by atoms with E-state index in [0.29, 0.717) is 0 Å². The van der Waals surface area contributed by atoms with Crippen molar-refractivity contribution in [3.8, 4) is 0 Å². The molecule has 28 heavy (non-hydrogen) atoms. The van der Waals surface area contributed by atoms with E-state index >= 15 is 0 Å². The summed E-state index contributed by atoms with van der Waals surface area (Å²) in [6.45, 7) is -0.0172. The predicted octanol–water partition coefficient (Wildman–Crippen LogP) is 1.21. The van der Waals surface area contributed by atoms with Gasteiger partial charge in [0.05, 0.1) is 12.5 Å². The molecule has 0 heterocycles. The fourth-order valence-electron chi connectivity index (χ4n) is 3.38. The van der Waals surface area contributed by atoms with E-state index in [1.807, 2.05) is 30.3 Å². The van der Waals surface area contributed by atoms with Gasteiger partial charge in [0.1, 0.15) is 12.6 Å². The second kappa shape index (κ2) is 11.3. The topological polar surface area (TPSA) is 131 Å². The third-order valence-corrected chi connectivity index (χ3v) is 4.86. The molecule has 1 aromatic rings. The SMILES string of the molecule is NC(=O)[C@@H](NC(=O)C[C@@H](O)CNC(=O)OCc1ccccc1)C1CCCCC1. The number of hydrogen-bond acceptors (Lipinski definition) is 5. The van der Waals surface area contributed by atoms with Gasteiger partial charge in [-0.1, -0.05) is 49.6 Å². The minimum atomic E-state index is -1.09. The van der Waals surface area contributed by atoms with Gasteiger partial charge in [-0.2, -0.15) is 0 Å². The summed E-state index contributed by atoms with van der Waals surface area (Å²) in [5, 5.41) is 15.0. The number of benzene rings is 1. The lowest BCUT2D eigenvalue weighted by Crippen LogP contribution is -2.50. The minimum Gasteiger partial charge on any atom is -0.445 e. The Labute approximate surface area is 164 Å². The van der Waals surface area contributed by atoms with Crippen LogP contribution in [0.5, 0.6) is 0 Å². The van der Waals surface area contributed by atoms with Crippen LogP contribution in [-0.2, 0) is 20.9 Å². The van der Waals surface area contributed by atoms with Crippen molar-refractivity contribution in [2.24, 2.45) is 11.7 Å². The largest absolute Gasteiger partial charge is 0.445 e. The van der Waals surface area contributed by atoms with Gasteiger partial charge in [0, 0.05) is 6.54 Å². The Bertz CT molecular complexity index is 647. The van der Waals surface area contributed by atoms with Crippen LogP contribution in [0, 0.1) is 5.92 Å². The van der Waals surface area contributed by atoms with Crippen LogP contribution in [0.3, 0.4) is 0 Å². The van der Waals surface area contributed by atoms with E-state index < -0.39 is 30.1 Å². The molecule has 1 aliphatic carbocycles. The number of alkyl carbamates (subject to hydrolysis) is 1. The van der Waals surface area contributed by atoms with E-state index in [1.165, 1.54) is 0 Å². The minimum absolute atomic E-state index is 0.0402. The quantitative estimate of drug-likeness (QED) is 0.503. The van der Waals surface area contributed by atoms with Crippen molar-refractivity contribution in [2.45, 2.75) is 57.3 Å². The van der Waals surface area contributed by atoms with Crippen LogP contribution in [-0.4, -0.2) is 41.7 Å². The first-order chi connectivity index (χ1) is 13.5. The zero-order chi connectivity index (χ0) is 20.4. The molecule has 0 aromatic heterocycles. The molecular formula is C20H29N3O5. The fraction of sp³-hybridized carbons (Fsp3) is 0.550. The van der Waals surface area contributed by atoms with Crippen LogP contribution in [0.15, 0.2) is 30.3 Å². The number of carbonyl (C=O) groups is 3. The molecule has 1 fully saturated rings. The number of hydrogen-bond donors (Lipinski definition) is 4. The second-order valence-electron chi connectivity index (χ2n) is 7.15. The van der Waals surface area contributed by atoms with Crippen LogP contribution in [0.25, 0.3) is 0 Å². The molecule has 0 spiro atoms. The molecule has 0 aliphatic heterocycles. The molecule has 2 rings (SSSR count). The van der Waals surface area contributed by atoms with Gasteiger partial charge in [-0.15, -0.1) is 0 Å². The first-order valence-electron chi connectivity index (χ1n) is 9.67. The molecule has 1 aliphatic rings. The van der Waals surface area contributed by atoms with Crippen molar-refractivity contribution in [2.75, 3.05) is 6.54 Å². The van der Waals surface area contributed by atoms with Crippen molar-refractivity contribution >= 4 is 17.9 Å². The van der Waals surface area contributed by atoms with E-state index in [4.69, 9.17) is 10.5 Å². The van der Waals surface area contributed by atoms with Gasteiger partial charge in [-0.05, 0) is 24.3 Å². The number of ether oxygens (including phenoxy) is 1. The van der Waals surface area contributed by atoms with Crippen molar-refractivity contribution in [3.05, 3.63) is 35.9 Å². The van der Waals surface area contributed by atoms with Gasteiger partial charge < -0.3 is 26.2 Å². The smallest absolute Gasteiger partial charge is 0.407 e. The monoisotopic (exact) mass is 391 g/mol. The van der Waals surface area contributed by atoms with Gasteiger partial charge >= 0.3 is 6.09 Å². The Balaban J connectivity index is 1.69. The number of nitrogens with one attached hydrogen (secondary N) is 2. The summed E-state index contributed by atoms with van der Waals surface area (Å²) in [7, 11) is 0. The molecule has 0 bridgehead atoms. The highest BCUT2D eigenvalue weighted by molar-refractivity contribution is 5.87. The van der Waals surface area contributed by atoms with Crippen molar-refractivity contribution in [1.29, 1.82) is 0 Å². The van der Waals surface area contributed by atoms with Gasteiger partial charge in [-0.25, -0.2) is 4.79 Å². The Morgan fingerprint density at radius 3 is 2.46 bits per heavy atom. The first kappa shape index (κ1) is 21.7. The number of carbonyl (C=O) groups excluding carboxylic acids is 3. The van der Waals surface area contributed by atoms with Gasteiger partial charge in [0.2, 0.25) is 11.8 Å². The molecule has 3 amide bonds. The molecule has 0 unspecified atom stereocenters. The summed E-state index contributed by atoms with van der Waals surface area (Å²) in [6, 6.07) is 8.48. The summed E-state index contributed by atoms with van der Waals surface area (Å²) in [6.07, 6.45) is 2.85. The van der Waals surface area contributed by atoms with Gasteiger partial charge in [0.15, 0.2) is 0 Å². The third-order valence-electron chi connectivity index (χ3n) is 4.86. The lowest BCUT2D eigenvalue weighted by Gasteiger charge is -2.29. The van der Waals surface area contributed by atoms with Crippen LogP contribution in [0.1, 0.15) is 44.1 Å². The predicted molar refractivity (Wildman–Crippen MR) is 103 cm³/mol. The summed E-state index contributed by atoms with van der Waals surface area (Å²) < 4.78 is 5.04. The van der Waals surface area contributed by atoms with Crippen molar-refractivity contribution in [1.82, 2.24) is 10.6 Å². The normalized spacial score (nSPS) is 16.6. The molecule has 5 N–H and O–H groups in total. The maximum Gasteiger partial charge on any atom is 0.407 e. The molecule has 1 aromatic carbocycles. The maximum atomic E-state index is 12.1. The highest BCUT2D eigenvalue weighted by atomic mass is 16.5. The summed E-state index contributed by atoms with van der Waals surface area (Å²) >= 11 is 0. The fourth-order valence-corrected chi connectivity index (χ4v) is 3.38. The third kappa shape index (κ3) is 7.56. The van der Waals surface area contributed by atoms with Gasteiger partial charge in [-0.3, -0.25) is 9.59 Å². The first-order valence-corrected chi connectivity index (χ1v) is 9.67. The van der Waals surface area contributed by atoms with E-state index in [-0.39, 0.29) is 25.5 Å². The number of aliphatic hydroxyl groups is 1. The molecule has 8 heteroatoms. The Kier molecular flexibility index (Phi) is 8.74. The highest BCUT2D eigenvalue weighted by Crippen LogP contribution is 2.26. The molecule has 1 saturated carbocycles. The average Bonchev–Trinajstić information content (AvgIpc) is 2.70. The Morgan fingerprint density at radius 2 is 1.82 bits per heavy atom. The molecule has 8 nitrogen and oxygen atoms in total. The Morgan fingerprint density at radius 1 is 1.14 bits per heavy atom. The van der Waals surface area contributed by atoms with Crippen LogP contribution in [0.2, 0.25) is 0 Å². The van der Waals surface area contributed by atoms with E-state index in [9.17, 15) is 19.5 Å². The molecule has 2 atom stereocenters. The van der Waals surface area contributed by atoms with E-state index in [2.05, 4.69) is 10.6 Å². The summed E-state index contributed by atoms with van der Waals surface area (Å²) in [4.78, 5) is 35.5. The summed E-state index contributed by atoms with van der Waals surface area (Å²) in [5.41, 5.74) is 6.28. The summed E-state index contributed by atoms with van der Waals surface area (Å²) in [5.74, 6) is -0.989. The average molecular weight is 391 g/mol. The maximum absolute atomic E-state index is 12.1. The van der Waals surface area contributed by atoms with Gasteiger partial charge in [0.25, 0.3) is 0 Å². The second-order valence-corrected chi connectivity index (χ2v) is 7.15. The van der Waals surface area contributed by atoms with Crippen LogP contribution >= 0.6 is 0 Å². The standard InChI is InChI=1S/C20H29N3O5/c21-19(26)18(15-9-5-2-6-10-15)23-17(25)11-16(24)12-22-20(27)28-13-14-7-3-1-4-8-14/h1,3-4,7-8,15-16,18,24H,2,5-6,9-13H2,(H2,21,26)(H,22,27)(H,23,25)/t16-,18+/m1/s1. The van der Waals surface area contributed by atoms with Crippen molar-refractivity contribution in [3.63, 3.8) is 0 Å². The van der Waals surface area contributed by atoms with E-state index in [1.54, 1.807) is 0 Å².